The van der Waals surface area contributed by atoms with Crippen molar-refractivity contribution in [3.8, 4) is 0 Å². The highest BCUT2D eigenvalue weighted by Gasteiger charge is 2.31. The zero-order valence-electron chi connectivity index (χ0n) is 13.3. The maximum atomic E-state index is 12.5. The van der Waals surface area contributed by atoms with E-state index < -0.39 is 35.8 Å². The van der Waals surface area contributed by atoms with Crippen LogP contribution in [0.4, 0.5) is 13.2 Å². The first kappa shape index (κ1) is 20.6. The molecule has 138 valence electrons. The maximum Gasteiger partial charge on any atom is 0.416 e. The number of nitrogens with one attached hydrogen (secondary N) is 1. The summed E-state index contributed by atoms with van der Waals surface area (Å²) in [6, 6.07) is 1.90. The largest absolute Gasteiger partial charge is 0.480 e. The van der Waals surface area contributed by atoms with Crippen molar-refractivity contribution in [1.82, 2.24) is 5.32 Å². The fourth-order valence-corrected chi connectivity index (χ4v) is 2.00. The van der Waals surface area contributed by atoms with Crippen LogP contribution >= 0.6 is 0 Å². The number of aliphatic carboxylic acids is 1. The molecule has 0 spiro atoms. The Kier molecular flexibility index (Phi) is 7.10. The van der Waals surface area contributed by atoms with Crippen molar-refractivity contribution in [2.75, 3.05) is 0 Å². The Bertz CT molecular complexity index is 628. The minimum atomic E-state index is -4.55. The fraction of sp³-hybridized carbons (Fsp3) is 0.438. The van der Waals surface area contributed by atoms with Crippen molar-refractivity contribution in [3.05, 3.63) is 35.4 Å². The number of carbonyl (C=O) groups is 3. The van der Waals surface area contributed by atoms with E-state index in [-0.39, 0.29) is 30.6 Å². The predicted molar refractivity (Wildman–Crippen MR) is 80.5 cm³/mol. The molecule has 1 aromatic rings. The van der Waals surface area contributed by atoms with E-state index in [0.29, 0.717) is 12.1 Å². The van der Waals surface area contributed by atoms with Gasteiger partial charge in [0.2, 0.25) is 0 Å². The summed E-state index contributed by atoms with van der Waals surface area (Å²) in [4.78, 5) is 34.3. The second-order valence-corrected chi connectivity index (χ2v) is 5.35. The summed E-state index contributed by atoms with van der Waals surface area (Å²) in [5.41, 5.74) is -1.05. The number of Topliss-reactive ketones (excluding diaryl/α,β-unsaturated/α-hetero) is 1. The lowest BCUT2D eigenvalue weighted by atomic mass is 10.0. The van der Waals surface area contributed by atoms with Crippen LogP contribution in [-0.4, -0.2) is 33.9 Å². The van der Waals surface area contributed by atoms with Crippen molar-refractivity contribution in [2.45, 2.75) is 44.5 Å². The van der Waals surface area contributed by atoms with E-state index in [9.17, 15) is 32.7 Å². The lowest BCUT2D eigenvalue weighted by Crippen LogP contribution is -2.43. The van der Waals surface area contributed by atoms with Gasteiger partial charge in [-0.25, -0.2) is 4.79 Å². The number of rotatable bonds is 8. The van der Waals surface area contributed by atoms with Crippen LogP contribution in [0.2, 0.25) is 0 Å². The molecule has 0 bridgehead atoms. The van der Waals surface area contributed by atoms with E-state index in [4.69, 9.17) is 5.11 Å². The highest BCUT2D eigenvalue weighted by molar-refractivity contribution is 5.87. The quantitative estimate of drug-likeness (QED) is 0.658. The molecule has 0 aliphatic heterocycles. The van der Waals surface area contributed by atoms with Crippen molar-refractivity contribution in [1.29, 1.82) is 0 Å². The molecule has 0 aliphatic carbocycles. The zero-order chi connectivity index (χ0) is 19.2. The first-order chi connectivity index (χ1) is 11.6. The third kappa shape index (κ3) is 6.18. The normalized spacial score (nSPS) is 13.8. The lowest BCUT2D eigenvalue weighted by Gasteiger charge is -2.17. The number of benzene rings is 1. The SMILES string of the molecule is CCC(=O)CC[C@@H](NC(=O)[C@@H](O)c1ccc(C(F)(F)F)cc1)C(=O)O. The topological polar surface area (TPSA) is 104 Å². The molecule has 1 rings (SSSR count). The number of hydrogen-bond donors (Lipinski definition) is 3. The number of amides is 1. The molecule has 0 heterocycles. The summed E-state index contributed by atoms with van der Waals surface area (Å²) in [7, 11) is 0. The number of aliphatic hydroxyl groups is 1. The Balaban J connectivity index is 2.76. The molecule has 9 heteroatoms. The molecule has 6 nitrogen and oxygen atoms in total. The highest BCUT2D eigenvalue weighted by atomic mass is 19.4. The van der Waals surface area contributed by atoms with E-state index in [1.54, 1.807) is 6.92 Å². The highest BCUT2D eigenvalue weighted by Crippen LogP contribution is 2.29. The molecule has 0 radical (unpaired) electrons. The van der Waals surface area contributed by atoms with E-state index in [2.05, 4.69) is 5.32 Å². The molecule has 25 heavy (non-hydrogen) atoms. The van der Waals surface area contributed by atoms with Gasteiger partial charge >= 0.3 is 12.1 Å². The standard InChI is InChI=1S/C16H18F3NO5/c1-2-11(21)7-8-12(15(24)25)20-14(23)13(22)9-3-5-10(6-4-9)16(17,18)19/h3-6,12-13,22H,2,7-8H2,1H3,(H,20,23)(H,24,25)/t12-,13+/m1/s1. The number of hydrogen-bond acceptors (Lipinski definition) is 4. The van der Waals surface area contributed by atoms with Crippen LogP contribution in [0, 0.1) is 0 Å². The molecule has 0 saturated carbocycles. The van der Waals surface area contributed by atoms with Gasteiger partial charge in [-0.2, -0.15) is 13.2 Å². The lowest BCUT2D eigenvalue weighted by molar-refractivity contribution is -0.144. The van der Waals surface area contributed by atoms with Gasteiger partial charge in [0.1, 0.15) is 11.8 Å². The first-order valence-electron chi connectivity index (χ1n) is 7.46. The van der Waals surface area contributed by atoms with Crippen molar-refractivity contribution in [3.63, 3.8) is 0 Å². The summed E-state index contributed by atoms with van der Waals surface area (Å²) in [6.07, 6.45) is -6.34. The summed E-state index contributed by atoms with van der Waals surface area (Å²) in [5.74, 6) is -2.63. The van der Waals surface area contributed by atoms with Crippen LogP contribution in [-0.2, 0) is 20.6 Å². The van der Waals surface area contributed by atoms with Gasteiger partial charge in [-0.05, 0) is 24.1 Å². The van der Waals surface area contributed by atoms with E-state index in [1.807, 2.05) is 0 Å². The summed E-state index contributed by atoms with van der Waals surface area (Å²) >= 11 is 0. The zero-order valence-corrected chi connectivity index (χ0v) is 13.3. The van der Waals surface area contributed by atoms with Crippen LogP contribution in [0.3, 0.4) is 0 Å². The number of carbonyl (C=O) groups excluding carboxylic acids is 2. The molecule has 3 N–H and O–H groups in total. The van der Waals surface area contributed by atoms with Crippen LogP contribution in [0.15, 0.2) is 24.3 Å². The molecule has 2 atom stereocenters. The average molecular weight is 361 g/mol. The number of aliphatic hydroxyl groups excluding tert-OH is 1. The third-order valence-electron chi connectivity index (χ3n) is 3.52. The van der Waals surface area contributed by atoms with Gasteiger partial charge in [-0.15, -0.1) is 0 Å². The Morgan fingerprint density at radius 3 is 2.16 bits per heavy atom. The predicted octanol–water partition coefficient (Wildman–Crippen LogP) is 2.07. The van der Waals surface area contributed by atoms with Crippen LogP contribution in [0.25, 0.3) is 0 Å². The number of alkyl halides is 3. The summed E-state index contributed by atoms with van der Waals surface area (Å²) < 4.78 is 37.5. The first-order valence-corrected chi connectivity index (χ1v) is 7.46. The van der Waals surface area contributed by atoms with Gasteiger partial charge in [-0.3, -0.25) is 9.59 Å². The third-order valence-corrected chi connectivity index (χ3v) is 3.52. The van der Waals surface area contributed by atoms with Gasteiger partial charge in [0.15, 0.2) is 6.10 Å². The molecule has 0 aliphatic rings. The smallest absolute Gasteiger partial charge is 0.416 e. The average Bonchev–Trinajstić information content (AvgIpc) is 2.56. The van der Waals surface area contributed by atoms with Gasteiger partial charge in [0, 0.05) is 12.8 Å². The number of carboxylic acid groups (broad SMARTS) is 1. The molecular weight excluding hydrogens is 343 g/mol. The second kappa shape index (κ2) is 8.61. The monoisotopic (exact) mass is 361 g/mol. The fourth-order valence-electron chi connectivity index (χ4n) is 2.00. The molecule has 1 aromatic carbocycles. The molecular formula is C16H18F3NO5. The molecule has 1 amide bonds. The minimum absolute atomic E-state index is 0.0515. The van der Waals surface area contributed by atoms with Crippen LogP contribution < -0.4 is 5.32 Å². The Morgan fingerprint density at radius 1 is 1.16 bits per heavy atom. The van der Waals surface area contributed by atoms with Gasteiger partial charge in [-0.1, -0.05) is 19.1 Å². The van der Waals surface area contributed by atoms with Crippen LogP contribution in [0.1, 0.15) is 43.4 Å². The van der Waals surface area contributed by atoms with Gasteiger partial charge < -0.3 is 15.5 Å². The van der Waals surface area contributed by atoms with E-state index in [0.717, 1.165) is 12.1 Å². The molecule has 0 aromatic heterocycles. The van der Waals surface area contributed by atoms with E-state index in [1.165, 1.54) is 0 Å². The second-order valence-electron chi connectivity index (χ2n) is 5.35. The van der Waals surface area contributed by atoms with Gasteiger partial charge in [0.25, 0.3) is 5.91 Å². The minimum Gasteiger partial charge on any atom is -0.480 e. The maximum absolute atomic E-state index is 12.5. The molecule has 0 fully saturated rings. The Morgan fingerprint density at radius 2 is 1.72 bits per heavy atom. The van der Waals surface area contributed by atoms with Crippen molar-refractivity contribution >= 4 is 17.7 Å². The molecule has 0 unspecified atom stereocenters. The van der Waals surface area contributed by atoms with Crippen molar-refractivity contribution in [2.24, 2.45) is 0 Å². The van der Waals surface area contributed by atoms with Gasteiger partial charge in [0.05, 0.1) is 5.56 Å². The van der Waals surface area contributed by atoms with Crippen LogP contribution in [0.5, 0.6) is 0 Å². The number of ketones is 1. The van der Waals surface area contributed by atoms with E-state index >= 15 is 0 Å². The number of carboxylic acids is 1. The summed E-state index contributed by atoms with van der Waals surface area (Å²) in [5, 5.41) is 21.0. The molecule has 0 saturated heterocycles. The summed E-state index contributed by atoms with van der Waals surface area (Å²) in [6.45, 7) is 1.62. The Hall–Kier alpha value is -2.42. The number of halogens is 3. The van der Waals surface area contributed by atoms with Crippen molar-refractivity contribution < 1.29 is 37.8 Å². The Labute approximate surface area is 141 Å².